The van der Waals surface area contributed by atoms with E-state index in [1.165, 1.54) is 29.3 Å². The Hall–Kier alpha value is -1.53. The molecule has 3 N–H and O–H groups in total. The lowest BCUT2D eigenvalue weighted by atomic mass is 10.1. The van der Waals surface area contributed by atoms with E-state index in [1.807, 2.05) is 6.07 Å². The van der Waals surface area contributed by atoms with Crippen LogP contribution in [0, 0.1) is 0 Å². The molecule has 1 aliphatic rings. The third-order valence-corrected chi connectivity index (χ3v) is 4.46. The van der Waals surface area contributed by atoms with E-state index in [1.54, 1.807) is 0 Å². The van der Waals surface area contributed by atoms with E-state index >= 15 is 0 Å². The highest BCUT2D eigenvalue weighted by atomic mass is 32.2. The predicted octanol–water partition coefficient (Wildman–Crippen LogP) is 1.22. The summed E-state index contributed by atoms with van der Waals surface area (Å²) in [4.78, 5) is 23.1. The molecule has 0 saturated carbocycles. The molecule has 0 spiro atoms. The quantitative estimate of drug-likeness (QED) is 0.659. The van der Waals surface area contributed by atoms with Crippen molar-refractivity contribution >= 4 is 23.6 Å². The van der Waals surface area contributed by atoms with Crippen molar-refractivity contribution < 1.29 is 19.8 Å². The molecule has 0 radical (unpaired) electrons. The number of thioether (sulfide) groups is 1. The summed E-state index contributed by atoms with van der Waals surface area (Å²) in [7, 11) is 0. The standard InChI is InChI=1S/C15H19NO4S/c17-13(15(19)20)6-7-16-14(18)9-21-12-5-4-10-2-1-3-11(10)8-12/h4-5,8,13,17H,1-3,6-7,9H2,(H,16,18)(H,19,20). The molecule has 1 aromatic rings. The number of nitrogens with one attached hydrogen (secondary N) is 1. The number of aryl methyl sites for hydroxylation is 2. The highest BCUT2D eigenvalue weighted by molar-refractivity contribution is 8.00. The maximum Gasteiger partial charge on any atom is 0.332 e. The molecule has 0 heterocycles. The zero-order chi connectivity index (χ0) is 15.2. The van der Waals surface area contributed by atoms with Crippen molar-refractivity contribution in [1.82, 2.24) is 5.32 Å². The molecule has 1 aromatic carbocycles. The summed E-state index contributed by atoms with van der Waals surface area (Å²) in [6.45, 7) is 0.164. The summed E-state index contributed by atoms with van der Waals surface area (Å²) in [5.41, 5.74) is 2.79. The van der Waals surface area contributed by atoms with Gasteiger partial charge in [0.25, 0.3) is 0 Å². The second-order valence-electron chi connectivity index (χ2n) is 5.07. The monoisotopic (exact) mass is 309 g/mol. The molecule has 0 aromatic heterocycles. The first-order valence-electron chi connectivity index (χ1n) is 6.98. The third kappa shape index (κ3) is 4.75. The number of benzene rings is 1. The average molecular weight is 309 g/mol. The topological polar surface area (TPSA) is 86.6 Å². The number of fused-ring (bicyclic) bond motifs is 1. The molecule has 0 saturated heterocycles. The summed E-state index contributed by atoms with van der Waals surface area (Å²) in [5, 5.41) is 20.2. The average Bonchev–Trinajstić information content (AvgIpc) is 2.92. The van der Waals surface area contributed by atoms with E-state index in [9.17, 15) is 9.59 Å². The van der Waals surface area contributed by atoms with E-state index in [0.717, 1.165) is 17.7 Å². The van der Waals surface area contributed by atoms with Crippen LogP contribution in [-0.2, 0) is 22.4 Å². The van der Waals surface area contributed by atoms with Gasteiger partial charge in [-0.15, -0.1) is 11.8 Å². The lowest BCUT2D eigenvalue weighted by Crippen LogP contribution is -2.31. The van der Waals surface area contributed by atoms with Gasteiger partial charge in [-0.2, -0.15) is 0 Å². The number of carbonyl (C=O) groups excluding carboxylic acids is 1. The van der Waals surface area contributed by atoms with Crippen LogP contribution < -0.4 is 5.32 Å². The number of aliphatic hydroxyl groups excluding tert-OH is 1. The first-order chi connectivity index (χ1) is 10.1. The van der Waals surface area contributed by atoms with E-state index < -0.39 is 12.1 Å². The Morgan fingerprint density at radius 3 is 2.81 bits per heavy atom. The first-order valence-corrected chi connectivity index (χ1v) is 7.97. The Balaban J connectivity index is 1.70. The van der Waals surface area contributed by atoms with Crippen molar-refractivity contribution in [2.24, 2.45) is 0 Å². The van der Waals surface area contributed by atoms with Gasteiger partial charge < -0.3 is 15.5 Å². The minimum absolute atomic E-state index is 0.0184. The van der Waals surface area contributed by atoms with Crippen LogP contribution in [0.15, 0.2) is 23.1 Å². The van der Waals surface area contributed by atoms with Gasteiger partial charge in [0.15, 0.2) is 6.10 Å². The maximum absolute atomic E-state index is 11.6. The Labute approximate surface area is 127 Å². The van der Waals surface area contributed by atoms with Gasteiger partial charge in [-0.05, 0) is 42.5 Å². The van der Waals surface area contributed by atoms with Gasteiger partial charge in [0, 0.05) is 17.9 Å². The van der Waals surface area contributed by atoms with Crippen LogP contribution in [0.4, 0.5) is 0 Å². The third-order valence-electron chi connectivity index (χ3n) is 3.46. The summed E-state index contributed by atoms with van der Waals surface area (Å²) in [6, 6.07) is 6.32. The highest BCUT2D eigenvalue weighted by Gasteiger charge is 2.14. The molecule has 1 aliphatic carbocycles. The molecule has 0 bridgehead atoms. The molecule has 1 unspecified atom stereocenters. The molecule has 2 rings (SSSR count). The Morgan fingerprint density at radius 1 is 1.29 bits per heavy atom. The normalized spacial score (nSPS) is 14.5. The lowest BCUT2D eigenvalue weighted by molar-refractivity contribution is -0.147. The molecule has 0 fully saturated rings. The zero-order valence-electron chi connectivity index (χ0n) is 11.7. The van der Waals surface area contributed by atoms with Crippen molar-refractivity contribution in [2.75, 3.05) is 12.3 Å². The van der Waals surface area contributed by atoms with Gasteiger partial charge in [-0.25, -0.2) is 4.79 Å². The van der Waals surface area contributed by atoms with Gasteiger partial charge in [0.2, 0.25) is 5.91 Å². The van der Waals surface area contributed by atoms with Gasteiger partial charge in [0.1, 0.15) is 0 Å². The SMILES string of the molecule is O=C(CSc1ccc2c(c1)CCC2)NCCC(O)C(=O)O. The summed E-state index contributed by atoms with van der Waals surface area (Å²) >= 11 is 1.47. The van der Waals surface area contributed by atoms with Crippen LogP contribution in [-0.4, -0.2) is 40.5 Å². The molecule has 0 aliphatic heterocycles. The van der Waals surface area contributed by atoms with E-state index in [-0.39, 0.29) is 18.9 Å². The van der Waals surface area contributed by atoms with Crippen LogP contribution in [0.3, 0.4) is 0 Å². The Bertz CT molecular complexity index is 532. The Kier molecular flexibility index (Phi) is 5.64. The number of hydrogen-bond donors (Lipinski definition) is 3. The van der Waals surface area contributed by atoms with Crippen LogP contribution in [0.5, 0.6) is 0 Å². The lowest BCUT2D eigenvalue weighted by Gasteiger charge is -2.08. The number of carbonyl (C=O) groups is 2. The number of amides is 1. The number of aliphatic carboxylic acids is 1. The molecule has 114 valence electrons. The van der Waals surface area contributed by atoms with Crippen molar-refractivity contribution in [2.45, 2.75) is 36.7 Å². The number of hydrogen-bond acceptors (Lipinski definition) is 4. The minimum Gasteiger partial charge on any atom is -0.479 e. The smallest absolute Gasteiger partial charge is 0.332 e. The van der Waals surface area contributed by atoms with Crippen molar-refractivity contribution in [3.63, 3.8) is 0 Å². The van der Waals surface area contributed by atoms with Crippen LogP contribution in [0.2, 0.25) is 0 Å². The second kappa shape index (κ2) is 7.47. The molecule has 1 atom stereocenters. The zero-order valence-corrected chi connectivity index (χ0v) is 12.5. The fourth-order valence-corrected chi connectivity index (χ4v) is 3.10. The Morgan fingerprint density at radius 2 is 2.05 bits per heavy atom. The summed E-state index contributed by atoms with van der Waals surface area (Å²) in [6.07, 6.45) is 2.06. The molecular formula is C15H19NO4S. The number of rotatable bonds is 7. The van der Waals surface area contributed by atoms with Gasteiger partial charge >= 0.3 is 5.97 Å². The van der Waals surface area contributed by atoms with Crippen LogP contribution >= 0.6 is 11.8 Å². The first kappa shape index (κ1) is 15.9. The van der Waals surface area contributed by atoms with Crippen LogP contribution in [0.25, 0.3) is 0 Å². The van der Waals surface area contributed by atoms with Crippen molar-refractivity contribution in [1.29, 1.82) is 0 Å². The number of aliphatic hydroxyl groups is 1. The van der Waals surface area contributed by atoms with Crippen LogP contribution in [0.1, 0.15) is 24.0 Å². The largest absolute Gasteiger partial charge is 0.479 e. The van der Waals surface area contributed by atoms with Crippen molar-refractivity contribution in [3.8, 4) is 0 Å². The summed E-state index contributed by atoms with van der Waals surface area (Å²) in [5.74, 6) is -1.13. The van der Waals surface area contributed by atoms with E-state index in [2.05, 4.69) is 17.4 Å². The van der Waals surface area contributed by atoms with Crippen molar-refractivity contribution in [3.05, 3.63) is 29.3 Å². The minimum atomic E-state index is -1.42. The number of carboxylic acids is 1. The second-order valence-corrected chi connectivity index (χ2v) is 6.11. The van der Waals surface area contributed by atoms with Gasteiger partial charge in [-0.1, -0.05) is 6.07 Å². The molecule has 21 heavy (non-hydrogen) atoms. The predicted molar refractivity (Wildman–Crippen MR) is 80.5 cm³/mol. The van der Waals surface area contributed by atoms with Gasteiger partial charge in [-0.3, -0.25) is 4.79 Å². The highest BCUT2D eigenvalue weighted by Crippen LogP contribution is 2.27. The fraction of sp³-hybridized carbons (Fsp3) is 0.467. The molecule has 1 amide bonds. The molecule has 5 nitrogen and oxygen atoms in total. The molecule has 6 heteroatoms. The van der Waals surface area contributed by atoms with E-state index in [4.69, 9.17) is 10.2 Å². The molecular weight excluding hydrogens is 290 g/mol. The number of carboxylic acid groups (broad SMARTS) is 1. The van der Waals surface area contributed by atoms with E-state index in [0.29, 0.717) is 5.75 Å². The summed E-state index contributed by atoms with van der Waals surface area (Å²) < 4.78 is 0. The maximum atomic E-state index is 11.6. The fourth-order valence-electron chi connectivity index (χ4n) is 2.31. The van der Waals surface area contributed by atoms with Gasteiger partial charge in [0.05, 0.1) is 5.75 Å².